The number of carbonyl (C=O) groups excluding carboxylic acids is 1. The van der Waals surface area contributed by atoms with Gasteiger partial charge in [-0.2, -0.15) is 0 Å². The molecule has 0 aromatic heterocycles. The van der Waals surface area contributed by atoms with Gasteiger partial charge in [-0.3, -0.25) is 14.7 Å². The number of hydrogen-bond acceptors (Lipinski definition) is 3. The summed E-state index contributed by atoms with van der Waals surface area (Å²) in [7, 11) is 1.84. The van der Waals surface area contributed by atoms with Crippen LogP contribution in [0.3, 0.4) is 0 Å². The van der Waals surface area contributed by atoms with Crippen LogP contribution in [0.4, 0.5) is 0 Å². The van der Waals surface area contributed by atoms with Crippen LogP contribution in [0, 0.1) is 5.92 Å². The number of amides is 1. The molecule has 6 nitrogen and oxygen atoms in total. The average Bonchev–Trinajstić information content (AvgIpc) is 2.76. The van der Waals surface area contributed by atoms with Crippen molar-refractivity contribution in [1.29, 1.82) is 0 Å². The zero-order chi connectivity index (χ0) is 20.5. The van der Waals surface area contributed by atoms with E-state index in [9.17, 15) is 4.79 Å². The molecule has 2 fully saturated rings. The Balaban J connectivity index is 1.49. The molecule has 1 amide bonds. The number of hydrogen-bond donors (Lipinski definition) is 2. The van der Waals surface area contributed by atoms with Gasteiger partial charge in [-0.15, -0.1) is 0 Å². The summed E-state index contributed by atoms with van der Waals surface area (Å²) in [6.07, 6.45) is 5.20. The van der Waals surface area contributed by atoms with Gasteiger partial charge in [-0.05, 0) is 43.7 Å². The Morgan fingerprint density at radius 2 is 1.97 bits per heavy atom. The van der Waals surface area contributed by atoms with Gasteiger partial charge in [0.15, 0.2) is 5.96 Å². The molecule has 2 aliphatic rings. The smallest absolute Gasteiger partial charge is 0.221 e. The Morgan fingerprint density at radius 3 is 2.72 bits per heavy atom. The highest BCUT2D eigenvalue weighted by Gasteiger charge is 2.36. The largest absolute Gasteiger partial charge is 0.356 e. The van der Waals surface area contributed by atoms with Crippen LogP contribution in [0.15, 0.2) is 35.3 Å². The second-order valence-electron chi connectivity index (χ2n) is 8.23. The van der Waals surface area contributed by atoms with Crippen LogP contribution < -0.4 is 10.6 Å². The number of piperidine rings is 2. The van der Waals surface area contributed by atoms with E-state index < -0.39 is 0 Å². The van der Waals surface area contributed by atoms with E-state index in [0.29, 0.717) is 24.9 Å². The molecule has 2 saturated heterocycles. The summed E-state index contributed by atoms with van der Waals surface area (Å²) < 4.78 is 0. The lowest BCUT2D eigenvalue weighted by molar-refractivity contribution is -0.120. The SMILES string of the molecule is CCCNC(=O)CCNC(=NC)N1CCC2C(CCCN2Cc2ccccc2)C1. The number of fused-ring (bicyclic) bond motifs is 1. The van der Waals surface area contributed by atoms with Crippen molar-refractivity contribution in [2.24, 2.45) is 10.9 Å². The Kier molecular flexibility index (Phi) is 8.35. The summed E-state index contributed by atoms with van der Waals surface area (Å²) in [5, 5.41) is 6.32. The number of likely N-dealkylation sites (tertiary alicyclic amines) is 2. The maximum atomic E-state index is 11.8. The molecule has 0 radical (unpaired) electrons. The maximum Gasteiger partial charge on any atom is 0.221 e. The standard InChI is InChI=1S/C23H37N5O/c1-3-13-25-22(29)11-14-26-23(24-2)28-16-12-21-20(18-28)10-7-15-27(21)17-19-8-5-4-6-9-19/h4-6,8-9,20-21H,3,7,10-18H2,1-2H3,(H,24,26)(H,25,29). The highest BCUT2D eigenvalue weighted by Crippen LogP contribution is 2.31. The molecule has 2 heterocycles. The molecular formula is C23H37N5O. The van der Waals surface area contributed by atoms with Crippen molar-refractivity contribution in [3.63, 3.8) is 0 Å². The number of guanidine groups is 1. The number of nitrogens with zero attached hydrogens (tertiary/aromatic N) is 3. The van der Waals surface area contributed by atoms with Gasteiger partial charge >= 0.3 is 0 Å². The van der Waals surface area contributed by atoms with E-state index in [-0.39, 0.29) is 5.91 Å². The summed E-state index contributed by atoms with van der Waals surface area (Å²) in [4.78, 5) is 21.4. The summed E-state index contributed by atoms with van der Waals surface area (Å²) >= 11 is 0. The number of benzene rings is 1. The van der Waals surface area contributed by atoms with E-state index in [1.54, 1.807) is 0 Å². The minimum atomic E-state index is 0.109. The van der Waals surface area contributed by atoms with E-state index in [4.69, 9.17) is 0 Å². The molecule has 2 aliphatic heterocycles. The van der Waals surface area contributed by atoms with Gasteiger partial charge in [0.1, 0.15) is 0 Å². The van der Waals surface area contributed by atoms with E-state index in [1.807, 2.05) is 7.05 Å². The number of rotatable bonds is 7. The molecule has 2 atom stereocenters. The van der Waals surface area contributed by atoms with Gasteiger partial charge in [-0.1, -0.05) is 37.3 Å². The summed E-state index contributed by atoms with van der Waals surface area (Å²) in [5.41, 5.74) is 1.41. The van der Waals surface area contributed by atoms with Crippen molar-refractivity contribution in [1.82, 2.24) is 20.4 Å². The second-order valence-corrected chi connectivity index (χ2v) is 8.23. The minimum absolute atomic E-state index is 0.109. The molecule has 6 heteroatoms. The Morgan fingerprint density at radius 1 is 1.14 bits per heavy atom. The van der Waals surface area contributed by atoms with Gasteiger partial charge in [-0.25, -0.2) is 0 Å². The number of nitrogens with one attached hydrogen (secondary N) is 2. The van der Waals surface area contributed by atoms with Crippen molar-refractivity contribution >= 4 is 11.9 Å². The van der Waals surface area contributed by atoms with Crippen molar-refractivity contribution in [3.05, 3.63) is 35.9 Å². The van der Waals surface area contributed by atoms with Crippen LogP contribution in [-0.2, 0) is 11.3 Å². The lowest BCUT2D eigenvalue weighted by Crippen LogP contribution is -2.56. The molecule has 160 valence electrons. The van der Waals surface area contributed by atoms with Crippen molar-refractivity contribution < 1.29 is 4.79 Å². The first-order chi connectivity index (χ1) is 14.2. The lowest BCUT2D eigenvalue weighted by atomic mass is 9.83. The zero-order valence-corrected chi connectivity index (χ0v) is 18.1. The average molecular weight is 400 g/mol. The number of aliphatic imine (C=N–C) groups is 1. The molecule has 0 aliphatic carbocycles. The molecule has 2 N–H and O–H groups in total. The molecule has 2 unspecified atom stereocenters. The fourth-order valence-electron chi connectivity index (χ4n) is 4.69. The van der Waals surface area contributed by atoms with Gasteiger partial charge in [0, 0.05) is 52.2 Å². The van der Waals surface area contributed by atoms with Crippen LogP contribution >= 0.6 is 0 Å². The summed E-state index contributed by atoms with van der Waals surface area (Å²) in [6.45, 7) is 7.79. The normalized spacial score (nSPS) is 22.8. The molecule has 0 spiro atoms. The third kappa shape index (κ3) is 6.20. The Hall–Kier alpha value is -2.08. The van der Waals surface area contributed by atoms with Crippen LogP contribution in [0.1, 0.15) is 44.6 Å². The molecule has 0 saturated carbocycles. The molecule has 1 aromatic rings. The van der Waals surface area contributed by atoms with Gasteiger partial charge in [0.25, 0.3) is 0 Å². The van der Waals surface area contributed by atoms with Crippen LogP contribution in [0.5, 0.6) is 0 Å². The first-order valence-corrected chi connectivity index (χ1v) is 11.2. The predicted molar refractivity (Wildman–Crippen MR) is 119 cm³/mol. The Labute approximate surface area is 175 Å². The van der Waals surface area contributed by atoms with Crippen molar-refractivity contribution in [2.45, 2.75) is 51.6 Å². The highest BCUT2D eigenvalue weighted by molar-refractivity contribution is 5.81. The highest BCUT2D eigenvalue weighted by atomic mass is 16.1. The maximum absolute atomic E-state index is 11.8. The van der Waals surface area contributed by atoms with Crippen molar-refractivity contribution in [3.8, 4) is 0 Å². The van der Waals surface area contributed by atoms with Crippen LogP contribution in [0.25, 0.3) is 0 Å². The lowest BCUT2D eigenvalue weighted by Gasteiger charge is -2.48. The zero-order valence-electron chi connectivity index (χ0n) is 18.1. The topological polar surface area (TPSA) is 60.0 Å². The van der Waals surface area contributed by atoms with Crippen LogP contribution in [0.2, 0.25) is 0 Å². The third-order valence-electron chi connectivity index (χ3n) is 6.13. The first-order valence-electron chi connectivity index (χ1n) is 11.2. The van der Waals surface area contributed by atoms with Gasteiger partial charge in [0.2, 0.25) is 5.91 Å². The fourth-order valence-corrected chi connectivity index (χ4v) is 4.69. The van der Waals surface area contributed by atoms with E-state index in [0.717, 1.165) is 38.6 Å². The fraction of sp³-hybridized carbons (Fsp3) is 0.652. The van der Waals surface area contributed by atoms with E-state index >= 15 is 0 Å². The third-order valence-corrected chi connectivity index (χ3v) is 6.13. The molecule has 0 bridgehead atoms. The quantitative estimate of drug-likeness (QED) is 0.546. The summed E-state index contributed by atoms with van der Waals surface area (Å²) in [5.74, 6) is 1.73. The molecule has 29 heavy (non-hydrogen) atoms. The van der Waals surface area contributed by atoms with E-state index in [2.05, 4.69) is 62.7 Å². The van der Waals surface area contributed by atoms with Crippen LogP contribution in [-0.4, -0.2) is 67.5 Å². The summed E-state index contributed by atoms with van der Waals surface area (Å²) in [6, 6.07) is 11.5. The molecule has 3 rings (SSSR count). The first kappa shape index (κ1) is 21.6. The molecule has 1 aromatic carbocycles. The van der Waals surface area contributed by atoms with E-state index in [1.165, 1.54) is 31.4 Å². The number of carbonyl (C=O) groups is 1. The predicted octanol–water partition coefficient (Wildman–Crippen LogP) is 2.46. The van der Waals surface area contributed by atoms with Gasteiger partial charge < -0.3 is 15.5 Å². The second kappa shape index (κ2) is 11.2. The van der Waals surface area contributed by atoms with Gasteiger partial charge in [0.05, 0.1) is 0 Å². The molecular weight excluding hydrogens is 362 g/mol. The monoisotopic (exact) mass is 399 g/mol. The Bertz CT molecular complexity index is 662. The minimum Gasteiger partial charge on any atom is -0.356 e. The van der Waals surface area contributed by atoms with Crippen molar-refractivity contribution in [2.75, 3.05) is 39.8 Å².